The van der Waals surface area contributed by atoms with Gasteiger partial charge in [0.05, 0.1) is 24.2 Å². The van der Waals surface area contributed by atoms with E-state index in [1.165, 1.54) is 6.92 Å². The van der Waals surface area contributed by atoms with Crippen molar-refractivity contribution in [2.75, 3.05) is 45.1 Å². The van der Waals surface area contributed by atoms with Crippen molar-refractivity contribution in [1.82, 2.24) is 19.5 Å². The van der Waals surface area contributed by atoms with Gasteiger partial charge in [-0.25, -0.2) is 13.6 Å². The fourth-order valence-electron chi connectivity index (χ4n) is 4.09. The van der Waals surface area contributed by atoms with Crippen LogP contribution in [-0.4, -0.2) is 94.2 Å². The van der Waals surface area contributed by atoms with Crippen molar-refractivity contribution in [3.8, 4) is 5.88 Å². The lowest BCUT2D eigenvalue weighted by Gasteiger charge is -2.33. The summed E-state index contributed by atoms with van der Waals surface area (Å²) in [6.45, 7) is 3.72. The Morgan fingerprint density at radius 2 is 1.80 bits per heavy atom. The number of aryl methyl sites for hydroxylation is 1. The summed E-state index contributed by atoms with van der Waals surface area (Å²) < 4.78 is 37.4. The monoisotopic (exact) mass is 584 g/mol. The number of piperazine rings is 1. The van der Waals surface area contributed by atoms with Crippen molar-refractivity contribution in [2.24, 2.45) is 5.73 Å². The Kier molecular flexibility index (Phi) is 11.1. The Bertz CT molecular complexity index is 1180. The fraction of sp³-hybridized carbons (Fsp3) is 0.520. The molecule has 2 atom stereocenters. The Labute approximate surface area is 234 Å². The lowest BCUT2D eigenvalue weighted by atomic mass is 10.1. The van der Waals surface area contributed by atoms with Crippen molar-refractivity contribution in [3.05, 3.63) is 40.5 Å². The summed E-state index contributed by atoms with van der Waals surface area (Å²) in [6.07, 6.45) is -2.02. The van der Waals surface area contributed by atoms with Gasteiger partial charge >= 0.3 is 6.03 Å². The molecular weight excluding hydrogens is 550 g/mol. The Morgan fingerprint density at radius 1 is 1.15 bits per heavy atom. The molecule has 15 heteroatoms. The number of aliphatic hydroxyl groups excluding tert-OH is 2. The number of halogens is 2. The van der Waals surface area contributed by atoms with Crippen LogP contribution in [0.2, 0.25) is 0 Å². The van der Waals surface area contributed by atoms with Crippen LogP contribution in [0, 0.1) is 18.6 Å². The minimum atomic E-state index is -1.02. The maximum absolute atomic E-state index is 14.1. The first-order valence-corrected chi connectivity index (χ1v) is 13.5. The summed E-state index contributed by atoms with van der Waals surface area (Å²) in [4.78, 5) is 40.4. The number of benzene rings is 1. The molecule has 1 aromatic carbocycles. The second-order valence-corrected chi connectivity index (χ2v) is 10.4. The number of aliphatic hydroxyl groups is 2. The molecule has 2 heterocycles. The van der Waals surface area contributed by atoms with E-state index in [0.29, 0.717) is 30.2 Å². The number of carbonyl (C=O) groups is 3. The van der Waals surface area contributed by atoms with Gasteiger partial charge in [0.1, 0.15) is 28.8 Å². The third kappa shape index (κ3) is 8.81. The molecule has 2 aromatic rings. The number of carbonyl (C=O) groups excluding carboxylic acids is 3. The first kappa shape index (κ1) is 31.1. The van der Waals surface area contributed by atoms with E-state index in [1.807, 2.05) is 7.05 Å². The predicted molar refractivity (Wildman–Crippen MR) is 143 cm³/mol. The molecule has 6 N–H and O–H groups in total. The van der Waals surface area contributed by atoms with E-state index in [-0.39, 0.29) is 53.7 Å². The van der Waals surface area contributed by atoms with Gasteiger partial charge in [-0.05, 0) is 56.0 Å². The van der Waals surface area contributed by atoms with Crippen LogP contribution in [0.5, 0.6) is 5.88 Å². The molecule has 0 bridgehead atoms. The number of primary amides is 1. The highest BCUT2D eigenvalue weighted by atomic mass is 32.1. The molecule has 0 radical (unpaired) electrons. The maximum atomic E-state index is 14.1. The fourth-order valence-corrected chi connectivity index (χ4v) is 4.82. The number of amides is 4. The van der Waals surface area contributed by atoms with Crippen molar-refractivity contribution in [3.63, 3.8) is 0 Å². The molecule has 2 unspecified atom stereocenters. The molecule has 1 aliphatic rings. The van der Waals surface area contributed by atoms with Gasteiger partial charge in [0, 0.05) is 32.7 Å². The summed E-state index contributed by atoms with van der Waals surface area (Å²) in [5, 5.41) is 25.3. The van der Waals surface area contributed by atoms with Crippen LogP contribution in [0.3, 0.4) is 0 Å². The number of nitrogens with one attached hydrogen (secondary N) is 2. The molecule has 12 nitrogen and oxygen atoms in total. The molecule has 40 heavy (non-hydrogen) atoms. The Balaban J connectivity index is 1.44. The largest absolute Gasteiger partial charge is 0.471 e. The van der Waals surface area contributed by atoms with E-state index in [2.05, 4.69) is 19.9 Å². The van der Waals surface area contributed by atoms with E-state index in [0.717, 1.165) is 25.2 Å². The minimum Gasteiger partial charge on any atom is -0.471 e. The second kappa shape index (κ2) is 14.3. The lowest BCUT2D eigenvalue weighted by Crippen LogP contribution is -2.47. The second-order valence-electron chi connectivity index (χ2n) is 9.65. The third-order valence-corrected chi connectivity index (χ3v) is 7.09. The molecule has 4 amide bonds. The van der Waals surface area contributed by atoms with E-state index >= 15 is 0 Å². The number of nitrogens with two attached hydrogens (primary N) is 1. The summed E-state index contributed by atoms with van der Waals surface area (Å²) >= 11 is 0.688. The predicted octanol–water partition coefficient (Wildman–Crippen LogP) is 1.20. The maximum Gasteiger partial charge on any atom is 0.319 e. The summed E-state index contributed by atoms with van der Waals surface area (Å²) in [7, 11) is 1.97. The van der Waals surface area contributed by atoms with Gasteiger partial charge in [-0.15, -0.1) is 0 Å². The van der Waals surface area contributed by atoms with E-state index in [9.17, 15) is 33.4 Å². The zero-order valence-corrected chi connectivity index (χ0v) is 23.1. The summed E-state index contributed by atoms with van der Waals surface area (Å²) in [6, 6.07) is 1.55. The van der Waals surface area contributed by atoms with Crippen molar-refractivity contribution in [2.45, 2.75) is 45.0 Å². The third-order valence-electron chi connectivity index (χ3n) is 6.35. The summed E-state index contributed by atoms with van der Waals surface area (Å²) in [5.41, 5.74) is 5.18. The number of anilines is 1. The van der Waals surface area contributed by atoms with Gasteiger partial charge in [-0.3, -0.25) is 14.9 Å². The number of urea groups is 1. The van der Waals surface area contributed by atoms with Crippen LogP contribution in [-0.2, 0) is 11.4 Å². The van der Waals surface area contributed by atoms with E-state index < -0.39 is 42.4 Å². The molecule has 0 saturated carbocycles. The normalized spacial score (nSPS) is 15.4. The first-order chi connectivity index (χ1) is 18.9. The molecular formula is C25H34F2N6O6S. The van der Waals surface area contributed by atoms with E-state index in [1.54, 1.807) is 4.90 Å². The van der Waals surface area contributed by atoms with Gasteiger partial charge in [-0.2, -0.15) is 4.37 Å². The number of hydrogen-bond donors (Lipinski definition) is 5. The highest BCUT2D eigenvalue weighted by molar-refractivity contribution is 7.11. The van der Waals surface area contributed by atoms with Crippen LogP contribution in [0.4, 0.5) is 18.6 Å². The van der Waals surface area contributed by atoms with Crippen molar-refractivity contribution < 1.29 is 38.1 Å². The minimum absolute atomic E-state index is 0.0200. The molecule has 3 rings (SSSR count). The zero-order valence-electron chi connectivity index (χ0n) is 22.3. The van der Waals surface area contributed by atoms with Gasteiger partial charge in [0.2, 0.25) is 11.8 Å². The quantitative estimate of drug-likeness (QED) is 0.248. The number of ether oxygens (including phenoxy) is 1. The molecule has 0 aliphatic carbocycles. The van der Waals surface area contributed by atoms with Gasteiger partial charge in [-0.1, -0.05) is 0 Å². The van der Waals surface area contributed by atoms with Gasteiger partial charge < -0.3 is 35.8 Å². The first-order valence-electron chi connectivity index (χ1n) is 12.7. The number of nitrogens with zero attached hydrogens (tertiary/aromatic N) is 3. The lowest BCUT2D eigenvalue weighted by molar-refractivity contribution is -0.135. The van der Waals surface area contributed by atoms with Crippen LogP contribution in [0.1, 0.15) is 40.7 Å². The molecule has 1 aliphatic heterocycles. The average molecular weight is 585 g/mol. The van der Waals surface area contributed by atoms with Crippen LogP contribution < -0.4 is 21.1 Å². The Hall–Kier alpha value is -3.40. The van der Waals surface area contributed by atoms with Crippen LogP contribution in [0.15, 0.2) is 12.1 Å². The topological polar surface area (TPSA) is 170 Å². The Morgan fingerprint density at radius 3 is 2.42 bits per heavy atom. The van der Waals surface area contributed by atoms with Crippen molar-refractivity contribution >= 4 is 34.4 Å². The zero-order chi connectivity index (χ0) is 29.4. The number of rotatable bonds is 12. The number of aromatic nitrogens is 1. The molecule has 220 valence electrons. The standard InChI is InChI=1S/C25H34F2N6O6S/c1-14-9-18(26)17(19(27)10-14)13-39-23-21(22(28)37)24(40-31-23)30-25(38)29-4-3-15(34)11-16(35)12-20(36)33-7-5-32(2)6-8-33/h9-10,15-16,34-35H,3-8,11-13H2,1-2H3,(H2,28,37)(H2,29,30,38). The smallest absolute Gasteiger partial charge is 0.319 e. The molecule has 1 fully saturated rings. The van der Waals surface area contributed by atoms with Crippen LogP contribution >= 0.6 is 11.5 Å². The summed E-state index contributed by atoms with van der Waals surface area (Å²) in [5.74, 6) is -3.07. The van der Waals surface area contributed by atoms with Gasteiger partial charge in [0.25, 0.3) is 5.91 Å². The highest BCUT2D eigenvalue weighted by Crippen LogP contribution is 2.31. The average Bonchev–Trinajstić information content (AvgIpc) is 3.26. The SMILES string of the molecule is Cc1cc(F)c(COc2nsc(NC(=O)NCCC(O)CC(O)CC(=O)N3CCN(C)CC3)c2C(N)=O)c(F)c1. The molecule has 1 aromatic heterocycles. The highest BCUT2D eigenvalue weighted by Gasteiger charge is 2.24. The van der Waals surface area contributed by atoms with E-state index in [4.69, 9.17) is 10.5 Å². The van der Waals surface area contributed by atoms with Gasteiger partial charge in [0.15, 0.2) is 0 Å². The number of likely N-dealkylation sites (N-methyl/N-ethyl adjacent to an activating group) is 1. The molecule has 0 spiro atoms. The number of hydrogen-bond acceptors (Lipinski definition) is 9. The van der Waals surface area contributed by atoms with Crippen LogP contribution in [0.25, 0.3) is 0 Å². The molecule has 1 saturated heterocycles. The van der Waals surface area contributed by atoms with Crippen molar-refractivity contribution in [1.29, 1.82) is 0 Å².